The molecule has 1 saturated heterocycles. The molecule has 2 amide bonds. The van der Waals surface area contributed by atoms with Crippen molar-refractivity contribution in [3.63, 3.8) is 0 Å². The zero-order valence-corrected chi connectivity index (χ0v) is 13.4. The summed E-state index contributed by atoms with van der Waals surface area (Å²) in [4.78, 5) is 25.4. The molecule has 0 bridgehead atoms. The number of nitrogens with zero attached hydrogens (tertiary/aromatic N) is 1. The molecule has 0 radical (unpaired) electrons. The second kappa shape index (κ2) is 8.00. The number of rotatable bonds is 7. The van der Waals surface area contributed by atoms with Gasteiger partial charge >= 0.3 is 0 Å². The summed E-state index contributed by atoms with van der Waals surface area (Å²) in [5.41, 5.74) is 6.57. The van der Waals surface area contributed by atoms with Gasteiger partial charge in [0.15, 0.2) is 0 Å². The van der Waals surface area contributed by atoms with Crippen molar-refractivity contribution in [1.29, 1.82) is 0 Å². The second-order valence-corrected chi connectivity index (χ2v) is 5.79. The van der Waals surface area contributed by atoms with Crippen LogP contribution in [0, 0.1) is 0 Å². The lowest BCUT2D eigenvalue weighted by Gasteiger charge is -2.09. The first kappa shape index (κ1) is 16.6. The van der Waals surface area contributed by atoms with E-state index in [9.17, 15) is 9.59 Å². The Morgan fingerprint density at radius 2 is 2.00 bits per heavy atom. The van der Waals surface area contributed by atoms with Crippen molar-refractivity contribution in [3.05, 3.63) is 40.8 Å². The lowest BCUT2D eigenvalue weighted by Crippen LogP contribution is -2.33. The predicted molar refractivity (Wildman–Crippen MR) is 87.8 cm³/mol. The molecule has 0 saturated carbocycles. The molecule has 22 heavy (non-hydrogen) atoms. The number of carbonyl (C=O) groups excluding carboxylic acids is 2. The van der Waals surface area contributed by atoms with Crippen LogP contribution in [0.2, 0.25) is 0 Å². The van der Waals surface area contributed by atoms with Crippen molar-refractivity contribution in [2.75, 3.05) is 19.7 Å². The Bertz CT molecular complexity index is 569. The van der Waals surface area contributed by atoms with E-state index in [0.29, 0.717) is 17.9 Å². The van der Waals surface area contributed by atoms with Crippen molar-refractivity contribution in [2.24, 2.45) is 5.73 Å². The molecule has 118 valence electrons. The number of allylic oxidation sites excluding steroid dienone is 1. The maximum atomic E-state index is 12.0. The summed E-state index contributed by atoms with van der Waals surface area (Å²) in [7, 11) is 0. The van der Waals surface area contributed by atoms with Crippen LogP contribution < -0.4 is 10.5 Å². The minimum atomic E-state index is -0.234. The lowest BCUT2D eigenvalue weighted by atomic mass is 10.1. The quantitative estimate of drug-likeness (QED) is 0.782. The van der Waals surface area contributed by atoms with Crippen LogP contribution in [0.1, 0.15) is 18.9 Å². The highest BCUT2D eigenvalue weighted by atomic mass is 32.2. The fourth-order valence-corrected chi connectivity index (χ4v) is 3.02. The minimum Gasteiger partial charge on any atom is -0.494 e. The van der Waals surface area contributed by atoms with E-state index in [1.807, 2.05) is 37.3 Å². The van der Waals surface area contributed by atoms with E-state index in [4.69, 9.17) is 10.5 Å². The fraction of sp³-hybridized carbons (Fsp3) is 0.375. The molecular formula is C16H20N2O3S. The van der Waals surface area contributed by atoms with Crippen molar-refractivity contribution in [3.8, 4) is 5.75 Å². The molecule has 2 N–H and O–H groups in total. The van der Waals surface area contributed by atoms with Gasteiger partial charge in [0.05, 0.1) is 11.5 Å². The third-order valence-corrected chi connectivity index (χ3v) is 4.18. The van der Waals surface area contributed by atoms with Crippen LogP contribution in [0.4, 0.5) is 4.79 Å². The maximum absolute atomic E-state index is 12.0. The van der Waals surface area contributed by atoms with Gasteiger partial charge in [-0.2, -0.15) is 0 Å². The number of hydrogen-bond acceptors (Lipinski definition) is 5. The van der Waals surface area contributed by atoms with E-state index in [-0.39, 0.29) is 24.2 Å². The van der Waals surface area contributed by atoms with Crippen LogP contribution in [-0.4, -0.2) is 35.7 Å². The van der Waals surface area contributed by atoms with Crippen LogP contribution in [0.3, 0.4) is 0 Å². The van der Waals surface area contributed by atoms with Gasteiger partial charge in [-0.3, -0.25) is 14.5 Å². The number of amides is 2. The van der Waals surface area contributed by atoms with Gasteiger partial charge < -0.3 is 10.5 Å². The number of benzene rings is 1. The molecule has 1 heterocycles. The summed E-state index contributed by atoms with van der Waals surface area (Å²) in [5, 5.41) is -0.234. The van der Waals surface area contributed by atoms with Crippen molar-refractivity contribution in [2.45, 2.75) is 19.8 Å². The van der Waals surface area contributed by atoms with Crippen LogP contribution in [-0.2, 0) is 11.2 Å². The Morgan fingerprint density at radius 3 is 2.64 bits per heavy atom. The van der Waals surface area contributed by atoms with Crippen molar-refractivity contribution in [1.82, 2.24) is 4.90 Å². The largest absolute Gasteiger partial charge is 0.494 e. The predicted octanol–water partition coefficient (Wildman–Crippen LogP) is 2.56. The van der Waals surface area contributed by atoms with Crippen LogP contribution >= 0.6 is 11.8 Å². The Kier molecular flexibility index (Phi) is 6.03. The van der Waals surface area contributed by atoms with E-state index in [1.54, 1.807) is 0 Å². The Balaban J connectivity index is 1.89. The summed E-state index contributed by atoms with van der Waals surface area (Å²) in [6.07, 6.45) is 3.36. The SMILES string of the molecule is CCOc1ccc(CC/C=C2\SC(=O)N(CCN)C2=O)cc1. The zero-order chi connectivity index (χ0) is 15.9. The summed E-state index contributed by atoms with van der Waals surface area (Å²) >= 11 is 0.989. The third kappa shape index (κ3) is 4.11. The molecule has 1 aromatic rings. The van der Waals surface area contributed by atoms with E-state index in [2.05, 4.69) is 0 Å². The summed E-state index contributed by atoms with van der Waals surface area (Å²) in [6, 6.07) is 7.90. The third-order valence-electron chi connectivity index (χ3n) is 3.22. The fourth-order valence-electron chi connectivity index (χ4n) is 2.15. The number of imide groups is 1. The molecule has 2 rings (SSSR count). The minimum absolute atomic E-state index is 0.229. The highest BCUT2D eigenvalue weighted by molar-refractivity contribution is 8.18. The lowest BCUT2D eigenvalue weighted by molar-refractivity contribution is -0.122. The average molecular weight is 320 g/mol. The Hall–Kier alpha value is -1.79. The zero-order valence-electron chi connectivity index (χ0n) is 12.6. The smallest absolute Gasteiger partial charge is 0.293 e. The normalized spacial score (nSPS) is 16.6. The standard InChI is InChI=1S/C16H20N2O3S/c1-2-21-13-8-6-12(7-9-13)4-3-5-14-15(19)18(11-10-17)16(20)22-14/h5-9H,2-4,10-11,17H2,1H3/b14-5-. The molecule has 1 aromatic carbocycles. The Labute approximate surface area is 134 Å². The van der Waals surface area contributed by atoms with Gasteiger partial charge in [-0.15, -0.1) is 0 Å². The van der Waals surface area contributed by atoms with Crippen LogP contribution in [0.5, 0.6) is 5.75 Å². The number of hydrogen-bond donors (Lipinski definition) is 1. The average Bonchev–Trinajstić information content (AvgIpc) is 2.77. The molecule has 0 aromatic heterocycles. The summed E-state index contributed by atoms with van der Waals surface area (Å²) in [5.74, 6) is 0.626. The van der Waals surface area contributed by atoms with Gasteiger partial charge in [0.1, 0.15) is 5.75 Å². The molecule has 0 unspecified atom stereocenters. The van der Waals surface area contributed by atoms with E-state index in [0.717, 1.165) is 23.9 Å². The van der Waals surface area contributed by atoms with Gasteiger partial charge in [-0.1, -0.05) is 18.2 Å². The second-order valence-electron chi connectivity index (χ2n) is 4.80. The van der Waals surface area contributed by atoms with Crippen molar-refractivity contribution < 1.29 is 14.3 Å². The molecule has 0 atom stereocenters. The first-order valence-corrected chi connectivity index (χ1v) is 8.13. The van der Waals surface area contributed by atoms with Gasteiger partial charge in [-0.05, 0) is 49.2 Å². The van der Waals surface area contributed by atoms with Gasteiger partial charge in [-0.25, -0.2) is 0 Å². The topological polar surface area (TPSA) is 72.6 Å². The molecule has 1 fully saturated rings. The monoisotopic (exact) mass is 320 g/mol. The van der Waals surface area contributed by atoms with Crippen LogP contribution in [0.15, 0.2) is 35.2 Å². The summed E-state index contributed by atoms with van der Waals surface area (Å²) < 4.78 is 5.39. The summed E-state index contributed by atoms with van der Waals surface area (Å²) in [6.45, 7) is 3.17. The van der Waals surface area contributed by atoms with Gasteiger partial charge in [0, 0.05) is 13.1 Å². The molecule has 0 aliphatic carbocycles. The molecule has 5 nitrogen and oxygen atoms in total. The van der Waals surface area contributed by atoms with Crippen molar-refractivity contribution >= 4 is 22.9 Å². The number of thioether (sulfide) groups is 1. The first-order chi connectivity index (χ1) is 10.7. The molecule has 0 spiro atoms. The van der Waals surface area contributed by atoms with Gasteiger partial charge in [0.2, 0.25) is 0 Å². The molecular weight excluding hydrogens is 300 g/mol. The number of carbonyl (C=O) groups is 2. The Morgan fingerprint density at radius 1 is 1.27 bits per heavy atom. The van der Waals surface area contributed by atoms with E-state index in [1.165, 1.54) is 10.5 Å². The molecule has 1 aliphatic heterocycles. The van der Waals surface area contributed by atoms with Gasteiger partial charge in [0.25, 0.3) is 11.1 Å². The number of nitrogens with two attached hydrogens (primary N) is 1. The first-order valence-electron chi connectivity index (χ1n) is 7.31. The maximum Gasteiger partial charge on any atom is 0.293 e. The molecule has 6 heteroatoms. The number of ether oxygens (including phenoxy) is 1. The highest BCUT2D eigenvalue weighted by Crippen LogP contribution is 2.30. The molecule has 1 aliphatic rings. The highest BCUT2D eigenvalue weighted by Gasteiger charge is 2.33. The van der Waals surface area contributed by atoms with E-state index >= 15 is 0 Å². The van der Waals surface area contributed by atoms with E-state index < -0.39 is 0 Å². The van der Waals surface area contributed by atoms with Crippen LogP contribution in [0.25, 0.3) is 0 Å². The number of aryl methyl sites for hydroxylation is 1.